The highest BCUT2D eigenvalue weighted by Gasteiger charge is 2.19. The minimum Gasteiger partial charge on any atom is -0.365 e. The second-order valence-corrected chi connectivity index (χ2v) is 7.56. The van der Waals surface area contributed by atoms with E-state index in [4.69, 9.17) is 5.73 Å². The number of carbonyl (C=O) groups excluding carboxylic acids is 2. The number of nitrogens with two attached hydrogens (primary N) is 1. The van der Waals surface area contributed by atoms with Gasteiger partial charge >= 0.3 is 0 Å². The Hall–Kier alpha value is -3.43. The summed E-state index contributed by atoms with van der Waals surface area (Å²) in [4.78, 5) is 39.0. The molecule has 0 heterocycles. The van der Waals surface area contributed by atoms with Crippen molar-refractivity contribution in [3.8, 4) is 0 Å². The van der Waals surface area contributed by atoms with Crippen molar-refractivity contribution in [2.45, 2.75) is 46.1 Å². The minimum atomic E-state index is -0.801. The summed E-state index contributed by atoms with van der Waals surface area (Å²) in [5, 5.41) is 15.1. The second-order valence-electron chi connectivity index (χ2n) is 7.56. The number of carbonyl (C=O) groups is 2. The Morgan fingerprint density at radius 2 is 1.90 bits per heavy atom. The van der Waals surface area contributed by atoms with Crippen molar-refractivity contribution < 1.29 is 14.6 Å². The number of guanidine groups is 1. The largest absolute Gasteiger partial charge is 0.365 e. The molecule has 1 atom stereocenters. The van der Waals surface area contributed by atoms with Crippen molar-refractivity contribution in [3.05, 3.63) is 51.6 Å². The number of nitrogens with zero attached hydrogens (tertiary/aromatic N) is 2. The van der Waals surface area contributed by atoms with Crippen molar-refractivity contribution in [3.63, 3.8) is 0 Å². The molecule has 0 aliphatic rings. The highest BCUT2D eigenvalue weighted by Crippen LogP contribution is 2.05. The van der Waals surface area contributed by atoms with Crippen LogP contribution in [0.2, 0.25) is 0 Å². The van der Waals surface area contributed by atoms with Gasteiger partial charge in [0.1, 0.15) is 6.04 Å². The van der Waals surface area contributed by atoms with Crippen LogP contribution in [-0.2, 0) is 9.59 Å². The van der Waals surface area contributed by atoms with Gasteiger partial charge in [0, 0.05) is 19.2 Å². The minimum absolute atomic E-state index is 0.178. The zero-order chi connectivity index (χ0) is 23.2. The number of nitrogens with one attached hydrogen (secondary N) is 3. The van der Waals surface area contributed by atoms with Crippen LogP contribution in [0.1, 0.15) is 44.2 Å². The number of aliphatic imine (C=N–C) groups is 1. The van der Waals surface area contributed by atoms with Crippen LogP contribution in [0.15, 0.2) is 35.3 Å². The van der Waals surface area contributed by atoms with Gasteiger partial charge in [-0.05, 0) is 43.7 Å². The van der Waals surface area contributed by atoms with Crippen LogP contribution in [0.3, 0.4) is 0 Å². The Bertz CT molecular complexity index is 790. The fourth-order valence-electron chi connectivity index (χ4n) is 2.57. The Labute approximate surface area is 182 Å². The molecule has 0 radical (unpaired) electrons. The van der Waals surface area contributed by atoms with Gasteiger partial charge in [-0.25, -0.2) is 15.1 Å². The Morgan fingerprint density at radius 3 is 2.52 bits per heavy atom. The molecule has 2 amide bonds. The van der Waals surface area contributed by atoms with E-state index in [9.17, 15) is 19.7 Å². The first kappa shape index (κ1) is 25.6. The number of hydrogen-bond acceptors (Lipinski definition) is 5. The number of nitro groups is 1. The molecule has 0 spiro atoms. The van der Waals surface area contributed by atoms with Crippen LogP contribution in [0, 0.1) is 23.0 Å². The van der Waals surface area contributed by atoms with Gasteiger partial charge in [-0.15, -0.1) is 0 Å². The van der Waals surface area contributed by atoms with Crippen LogP contribution in [0.4, 0.5) is 0 Å². The molecule has 0 unspecified atom stereocenters. The lowest BCUT2D eigenvalue weighted by atomic mass is 10.1. The fourth-order valence-corrected chi connectivity index (χ4v) is 2.57. The van der Waals surface area contributed by atoms with Crippen molar-refractivity contribution in [2.75, 3.05) is 13.1 Å². The van der Waals surface area contributed by atoms with Gasteiger partial charge in [0.25, 0.3) is 5.96 Å². The number of hydrogen-bond donors (Lipinski definition) is 4. The Kier molecular flexibility index (Phi) is 11.3. The van der Waals surface area contributed by atoms with Gasteiger partial charge in [0.15, 0.2) is 5.03 Å². The third kappa shape index (κ3) is 12.0. The van der Waals surface area contributed by atoms with E-state index in [0.717, 1.165) is 17.5 Å². The van der Waals surface area contributed by atoms with E-state index in [1.54, 1.807) is 11.5 Å². The number of rotatable bonds is 12. The summed E-state index contributed by atoms with van der Waals surface area (Å²) >= 11 is 0. The maximum atomic E-state index is 12.5. The lowest BCUT2D eigenvalue weighted by Gasteiger charge is -2.18. The van der Waals surface area contributed by atoms with Gasteiger partial charge in [-0.3, -0.25) is 9.59 Å². The van der Waals surface area contributed by atoms with Gasteiger partial charge in [0.05, 0.1) is 0 Å². The summed E-state index contributed by atoms with van der Waals surface area (Å²) in [6.45, 7) is 6.79. The number of amides is 2. The molecule has 1 rings (SSSR count). The van der Waals surface area contributed by atoms with E-state index in [1.807, 2.05) is 31.2 Å². The molecule has 0 saturated carbocycles. The summed E-state index contributed by atoms with van der Waals surface area (Å²) in [5.74, 6) is -0.536. The van der Waals surface area contributed by atoms with Crippen molar-refractivity contribution in [1.82, 2.24) is 16.1 Å². The third-order valence-electron chi connectivity index (χ3n) is 4.30. The fraction of sp³-hybridized carbons (Fsp3) is 0.476. The predicted molar refractivity (Wildman–Crippen MR) is 120 cm³/mol. The van der Waals surface area contributed by atoms with Crippen LogP contribution in [-0.4, -0.2) is 41.9 Å². The molecule has 0 aromatic heterocycles. The average molecular weight is 433 g/mol. The first-order valence-electron chi connectivity index (χ1n) is 10.2. The van der Waals surface area contributed by atoms with Gasteiger partial charge in [-0.1, -0.05) is 49.1 Å². The molecule has 0 bridgehead atoms. The zero-order valence-electron chi connectivity index (χ0n) is 18.3. The molecule has 0 aliphatic heterocycles. The predicted octanol–water partition coefficient (Wildman–Crippen LogP) is 1.53. The molecular weight excluding hydrogens is 400 g/mol. The van der Waals surface area contributed by atoms with E-state index < -0.39 is 11.1 Å². The molecule has 0 fully saturated rings. The summed E-state index contributed by atoms with van der Waals surface area (Å²) in [7, 11) is 0. The molecule has 0 aliphatic carbocycles. The highest BCUT2D eigenvalue weighted by atomic mass is 16.7. The van der Waals surface area contributed by atoms with E-state index in [2.05, 4.69) is 29.5 Å². The summed E-state index contributed by atoms with van der Waals surface area (Å²) in [5.41, 5.74) is 9.12. The van der Waals surface area contributed by atoms with E-state index >= 15 is 0 Å². The third-order valence-corrected chi connectivity index (χ3v) is 4.30. The first-order chi connectivity index (χ1) is 14.7. The monoisotopic (exact) mass is 432 g/mol. The molecule has 0 saturated heterocycles. The maximum Gasteiger partial charge on any atom is 0.251 e. The Morgan fingerprint density at radius 1 is 1.23 bits per heavy atom. The second kappa shape index (κ2) is 13.7. The maximum absolute atomic E-state index is 12.5. The number of benzene rings is 1. The number of aryl methyl sites for hydroxylation is 1. The van der Waals surface area contributed by atoms with Crippen molar-refractivity contribution >= 4 is 23.8 Å². The SMILES string of the molecule is Cc1ccc(C=CC(=O)N[C@@H](CCCN=C(N)N[N+](=O)[O-])C(=O)NCCC(C)C)cc1. The van der Waals surface area contributed by atoms with Gasteiger partial charge in [0.2, 0.25) is 11.8 Å². The van der Waals surface area contributed by atoms with Crippen LogP contribution in [0.25, 0.3) is 6.08 Å². The smallest absolute Gasteiger partial charge is 0.251 e. The molecule has 10 nitrogen and oxygen atoms in total. The summed E-state index contributed by atoms with van der Waals surface area (Å²) < 4.78 is 0. The van der Waals surface area contributed by atoms with Gasteiger partial charge < -0.3 is 16.4 Å². The molecule has 5 N–H and O–H groups in total. The standard InChI is InChI=1S/C21H32N6O4/c1-15(2)12-14-23-20(29)18(5-4-13-24-21(22)26-27(30)31)25-19(28)11-10-17-8-6-16(3)7-9-17/h6-11,15,18H,4-5,12-14H2,1-3H3,(H,23,29)(H,25,28)(H3,22,24,26)/t18-/m0/s1. The summed E-state index contributed by atoms with van der Waals surface area (Å²) in [6, 6.07) is 6.94. The van der Waals surface area contributed by atoms with E-state index in [1.165, 1.54) is 6.08 Å². The zero-order valence-corrected chi connectivity index (χ0v) is 18.3. The van der Waals surface area contributed by atoms with E-state index in [-0.39, 0.29) is 24.3 Å². The van der Waals surface area contributed by atoms with Crippen LogP contribution < -0.4 is 21.8 Å². The van der Waals surface area contributed by atoms with E-state index in [0.29, 0.717) is 25.3 Å². The highest BCUT2D eigenvalue weighted by molar-refractivity contribution is 5.95. The summed E-state index contributed by atoms with van der Waals surface area (Å²) in [6.07, 6.45) is 4.61. The van der Waals surface area contributed by atoms with Crippen molar-refractivity contribution in [1.29, 1.82) is 0 Å². The molecule has 1 aromatic carbocycles. The molecule has 31 heavy (non-hydrogen) atoms. The Balaban J connectivity index is 2.67. The molecule has 1 aromatic rings. The average Bonchev–Trinajstić information content (AvgIpc) is 2.69. The number of hydrazine groups is 1. The van der Waals surface area contributed by atoms with Crippen molar-refractivity contribution in [2.24, 2.45) is 16.6 Å². The molecule has 170 valence electrons. The first-order valence-corrected chi connectivity index (χ1v) is 10.2. The topological polar surface area (TPSA) is 152 Å². The van der Waals surface area contributed by atoms with Crippen LogP contribution in [0.5, 0.6) is 0 Å². The normalized spacial score (nSPS) is 12.6. The van der Waals surface area contributed by atoms with Gasteiger partial charge in [-0.2, -0.15) is 0 Å². The molecular formula is C21H32N6O4. The lowest BCUT2D eigenvalue weighted by Crippen LogP contribution is -2.46. The quantitative estimate of drug-likeness (QED) is 0.0981. The van der Waals surface area contributed by atoms with Crippen LogP contribution >= 0.6 is 0 Å². The lowest BCUT2D eigenvalue weighted by molar-refractivity contribution is -0.525. The molecule has 10 heteroatoms.